The Morgan fingerprint density at radius 1 is 1.14 bits per heavy atom. The average molecular weight is 403 g/mol. The Balaban J connectivity index is 1.55. The van der Waals surface area contributed by atoms with Gasteiger partial charge in [-0.2, -0.15) is 0 Å². The zero-order chi connectivity index (χ0) is 19.5. The third kappa shape index (κ3) is 4.01. The van der Waals surface area contributed by atoms with E-state index in [1.807, 2.05) is 29.2 Å². The number of halogens is 2. The van der Waals surface area contributed by atoms with Crippen molar-refractivity contribution in [1.82, 2.24) is 10.2 Å². The van der Waals surface area contributed by atoms with Crippen LogP contribution in [0.1, 0.15) is 48.9 Å². The second-order valence-corrected chi connectivity index (χ2v) is 7.81. The van der Waals surface area contributed by atoms with Crippen molar-refractivity contribution in [1.29, 1.82) is 0 Å². The van der Waals surface area contributed by atoms with Gasteiger partial charge in [0.15, 0.2) is 0 Å². The van der Waals surface area contributed by atoms with Crippen molar-refractivity contribution >= 4 is 17.6 Å². The van der Waals surface area contributed by atoms with Crippen LogP contribution in [0.15, 0.2) is 48.5 Å². The number of amides is 2. The molecule has 0 spiro atoms. The maximum atomic E-state index is 13.4. The summed E-state index contributed by atoms with van der Waals surface area (Å²) in [5.41, 5.74) is 1.84. The summed E-state index contributed by atoms with van der Waals surface area (Å²) in [7, 11) is 0. The maximum absolute atomic E-state index is 13.4. The first-order valence-electron chi connectivity index (χ1n) is 9.82. The maximum Gasteiger partial charge on any atom is 0.318 e. The first kappa shape index (κ1) is 19.2. The van der Waals surface area contributed by atoms with Gasteiger partial charge in [-0.15, -0.1) is 0 Å². The van der Waals surface area contributed by atoms with Crippen LogP contribution in [0.4, 0.5) is 9.18 Å². The predicted octanol–water partition coefficient (Wildman–Crippen LogP) is 5.25. The summed E-state index contributed by atoms with van der Waals surface area (Å²) in [6, 6.07) is 13.5. The van der Waals surface area contributed by atoms with Crippen LogP contribution >= 0.6 is 11.6 Å². The molecular weight excluding hydrogens is 379 g/mol. The number of urea groups is 1. The molecule has 2 amide bonds. The topological polar surface area (TPSA) is 41.6 Å². The highest BCUT2D eigenvalue weighted by Gasteiger charge is 2.35. The molecule has 1 N–H and O–H groups in total. The number of benzene rings is 2. The van der Waals surface area contributed by atoms with E-state index in [2.05, 4.69) is 5.32 Å². The zero-order valence-electron chi connectivity index (χ0n) is 15.6. The van der Waals surface area contributed by atoms with Gasteiger partial charge in [0, 0.05) is 18.2 Å². The molecule has 6 heteroatoms. The van der Waals surface area contributed by atoms with E-state index < -0.39 is 0 Å². The molecule has 2 fully saturated rings. The molecule has 148 valence electrons. The number of hydrogen-bond donors (Lipinski definition) is 1. The third-order valence-electron chi connectivity index (χ3n) is 5.62. The summed E-state index contributed by atoms with van der Waals surface area (Å²) >= 11 is 6.38. The standard InChI is InChI=1S/C22H24ClFN2O2/c23-18-6-2-1-5-17(18)19-7-3-13-26(19)22(27)25-21(20-8-4-14-28-20)15-9-11-16(24)12-10-15/h1-2,5-6,9-12,19-21H,3-4,7-8,13-14H2,(H,25,27)/t19-,20+,21-/m1/s1. The molecule has 0 unspecified atom stereocenters. The molecule has 4 nitrogen and oxygen atoms in total. The van der Waals surface area contributed by atoms with Crippen LogP contribution in [0.3, 0.4) is 0 Å². The second-order valence-electron chi connectivity index (χ2n) is 7.40. The lowest BCUT2D eigenvalue weighted by Crippen LogP contribution is -2.44. The molecule has 0 bridgehead atoms. The Morgan fingerprint density at radius 2 is 1.93 bits per heavy atom. The van der Waals surface area contributed by atoms with Gasteiger partial charge >= 0.3 is 6.03 Å². The molecule has 0 saturated carbocycles. The number of likely N-dealkylation sites (tertiary alicyclic amines) is 1. The molecule has 3 atom stereocenters. The Kier molecular flexibility index (Phi) is 5.83. The van der Waals surface area contributed by atoms with Crippen molar-refractivity contribution in [3.8, 4) is 0 Å². The van der Waals surface area contributed by atoms with Crippen molar-refractivity contribution in [2.75, 3.05) is 13.2 Å². The Bertz CT molecular complexity index is 824. The molecule has 2 heterocycles. The minimum atomic E-state index is -0.303. The van der Waals surface area contributed by atoms with Gasteiger partial charge in [0.05, 0.1) is 18.2 Å². The number of ether oxygens (including phenoxy) is 1. The monoisotopic (exact) mass is 402 g/mol. The lowest BCUT2D eigenvalue weighted by Gasteiger charge is -2.31. The molecule has 4 rings (SSSR count). The minimum Gasteiger partial charge on any atom is -0.376 e. The molecule has 28 heavy (non-hydrogen) atoms. The van der Waals surface area contributed by atoms with E-state index in [0.29, 0.717) is 18.2 Å². The molecule has 2 aliphatic rings. The fourth-order valence-electron chi connectivity index (χ4n) is 4.22. The third-order valence-corrected chi connectivity index (χ3v) is 5.97. The molecule has 2 saturated heterocycles. The number of hydrogen-bond acceptors (Lipinski definition) is 2. The predicted molar refractivity (Wildman–Crippen MR) is 107 cm³/mol. The van der Waals surface area contributed by atoms with Gasteiger partial charge in [-0.1, -0.05) is 41.9 Å². The Hall–Kier alpha value is -2.11. The van der Waals surface area contributed by atoms with E-state index in [1.165, 1.54) is 12.1 Å². The van der Waals surface area contributed by atoms with Crippen LogP contribution in [0.5, 0.6) is 0 Å². The van der Waals surface area contributed by atoms with Gasteiger partial charge in [0.25, 0.3) is 0 Å². The van der Waals surface area contributed by atoms with Gasteiger partial charge < -0.3 is 15.0 Å². The van der Waals surface area contributed by atoms with E-state index >= 15 is 0 Å². The summed E-state index contributed by atoms with van der Waals surface area (Å²) in [6.07, 6.45) is 3.55. The summed E-state index contributed by atoms with van der Waals surface area (Å²) < 4.78 is 19.2. The van der Waals surface area contributed by atoms with E-state index in [-0.39, 0.29) is 30.0 Å². The largest absolute Gasteiger partial charge is 0.376 e. The highest BCUT2D eigenvalue weighted by atomic mass is 35.5. The van der Waals surface area contributed by atoms with Crippen LogP contribution in [0, 0.1) is 5.82 Å². The molecule has 2 aliphatic heterocycles. The number of nitrogens with one attached hydrogen (secondary N) is 1. The summed E-state index contributed by atoms with van der Waals surface area (Å²) in [5.74, 6) is -0.292. The first-order chi connectivity index (χ1) is 13.6. The normalized spacial score (nSPS) is 23.0. The van der Waals surface area contributed by atoms with Crippen molar-refractivity contribution < 1.29 is 13.9 Å². The van der Waals surface area contributed by atoms with Crippen molar-refractivity contribution in [3.63, 3.8) is 0 Å². The molecule has 0 radical (unpaired) electrons. The van der Waals surface area contributed by atoms with Crippen molar-refractivity contribution in [3.05, 3.63) is 70.5 Å². The number of nitrogens with zero attached hydrogens (tertiary/aromatic N) is 1. The summed E-state index contributed by atoms with van der Waals surface area (Å²) in [5, 5.41) is 3.83. The van der Waals surface area contributed by atoms with Crippen LogP contribution < -0.4 is 5.32 Å². The smallest absolute Gasteiger partial charge is 0.318 e. The van der Waals surface area contributed by atoms with Crippen LogP contribution in [0.2, 0.25) is 5.02 Å². The molecule has 0 aromatic heterocycles. The summed E-state index contributed by atoms with van der Waals surface area (Å²) in [6.45, 7) is 1.37. The fraction of sp³-hybridized carbons (Fsp3) is 0.409. The van der Waals surface area contributed by atoms with E-state index in [9.17, 15) is 9.18 Å². The lowest BCUT2D eigenvalue weighted by atomic mass is 9.99. The number of rotatable bonds is 4. The second kappa shape index (κ2) is 8.50. The minimum absolute atomic E-state index is 0.0351. The quantitative estimate of drug-likeness (QED) is 0.759. The Morgan fingerprint density at radius 3 is 2.64 bits per heavy atom. The zero-order valence-corrected chi connectivity index (χ0v) is 16.4. The van der Waals surface area contributed by atoms with Gasteiger partial charge in [-0.25, -0.2) is 9.18 Å². The van der Waals surface area contributed by atoms with Gasteiger partial charge in [0.2, 0.25) is 0 Å². The van der Waals surface area contributed by atoms with Gasteiger partial charge in [-0.05, 0) is 55.0 Å². The van der Waals surface area contributed by atoms with E-state index in [1.54, 1.807) is 12.1 Å². The highest BCUT2D eigenvalue weighted by molar-refractivity contribution is 6.31. The number of carbonyl (C=O) groups is 1. The van der Waals surface area contributed by atoms with Crippen LogP contribution in [0.25, 0.3) is 0 Å². The summed E-state index contributed by atoms with van der Waals surface area (Å²) in [4.78, 5) is 15.0. The Labute approximate surface area is 169 Å². The highest BCUT2D eigenvalue weighted by Crippen LogP contribution is 2.36. The molecule has 2 aromatic rings. The first-order valence-corrected chi connectivity index (χ1v) is 10.2. The van der Waals surface area contributed by atoms with E-state index in [4.69, 9.17) is 16.3 Å². The molecular formula is C22H24ClFN2O2. The van der Waals surface area contributed by atoms with Gasteiger partial charge in [0.1, 0.15) is 5.82 Å². The average Bonchev–Trinajstić information content (AvgIpc) is 3.39. The van der Waals surface area contributed by atoms with E-state index in [0.717, 1.165) is 36.8 Å². The molecule has 0 aliphatic carbocycles. The SMILES string of the molecule is O=C(N[C@H](c1ccc(F)cc1)[C@@H]1CCCO1)N1CCC[C@@H]1c1ccccc1Cl. The van der Waals surface area contributed by atoms with Crippen molar-refractivity contribution in [2.24, 2.45) is 0 Å². The van der Waals surface area contributed by atoms with Crippen LogP contribution in [-0.2, 0) is 4.74 Å². The number of carbonyl (C=O) groups excluding carboxylic acids is 1. The van der Waals surface area contributed by atoms with Crippen molar-refractivity contribution in [2.45, 2.75) is 43.9 Å². The lowest BCUT2D eigenvalue weighted by molar-refractivity contribution is 0.0775. The van der Waals surface area contributed by atoms with Gasteiger partial charge in [-0.3, -0.25) is 0 Å². The fourth-order valence-corrected chi connectivity index (χ4v) is 4.48. The van der Waals surface area contributed by atoms with Crippen LogP contribution in [-0.4, -0.2) is 30.2 Å². The molecule has 2 aromatic carbocycles.